The van der Waals surface area contributed by atoms with Gasteiger partial charge in [-0.1, -0.05) is 0 Å². The first-order valence-electron chi connectivity index (χ1n) is 7.78. The number of aryl methyl sites for hydroxylation is 1. The molecule has 0 aliphatic carbocycles. The number of carbonyl (C=O) groups is 1. The zero-order valence-electron chi connectivity index (χ0n) is 12.5. The Hall–Kier alpha value is -1.14. The van der Waals surface area contributed by atoms with Crippen LogP contribution in [0.1, 0.15) is 30.6 Å². The molecule has 1 N–H and O–H groups in total. The normalized spacial score (nSPS) is 21.5. The number of anilines is 1. The molecule has 2 aliphatic heterocycles. The summed E-state index contributed by atoms with van der Waals surface area (Å²) in [6, 6.07) is 0.311. The van der Waals surface area contributed by atoms with Crippen LogP contribution in [0.4, 0.5) is 5.13 Å². The molecule has 1 aromatic rings. The lowest BCUT2D eigenvalue weighted by Gasteiger charge is -2.32. The Morgan fingerprint density at radius 1 is 1.33 bits per heavy atom. The average molecular weight is 309 g/mol. The van der Waals surface area contributed by atoms with E-state index in [1.54, 1.807) is 11.3 Å². The van der Waals surface area contributed by atoms with Crippen LogP contribution in [0, 0.1) is 12.8 Å². The van der Waals surface area contributed by atoms with Crippen molar-refractivity contribution in [1.29, 1.82) is 0 Å². The lowest BCUT2D eigenvalue weighted by atomic mass is 9.95. The predicted molar refractivity (Wildman–Crippen MR) is 83.8 cm³/mol. The van der Waals surface area contributed by atoms with E-state index in [0.717, 1.165) is 57.1 Å². The summed E-state index contributed by atoms with van der Waals surface area (Å²) in [4.78, 5) is 20.3. The van der Waals surface area contributed by atoms with Gasteiger partial charge in [0.2, 0.25) is 5.91 Å². The van der Waals surface area contributed by atoms with E-state index in [4.69, 9.17) is 4.74 Å². The first-order valence-corrected chi connectivity index (χ1v) is 8.59. The Bertz CT molecular complexity index is 477. The van der Waals surface area contributed by atoms with Crippen LogP contribution < -0.4 is 10.2 Å². The van der Waals surface area contributed by atoms with Crippen LogP contribution in [-0.4, -0.2) is 43.2 Å². The number of piperidine rings is 1. The lowest BCUT2D eigenvalue weighted by Crippen LogP contribution is -2.45. The van der Waals surface area contributed by atoms with E-state index in [2.05, 4.69) is 22.1 Å². The number of hydrogen-bond acceptors (Lipinski definition) is 5. The molecule has 2 saturated heterocycles. The van der Waals surface area contributed by atoms with E-state index in [1.807, 2.05) is 6.20 Å². The van der Waals surface area contributed by atoms with Gasteiger partial charge in [-0.3, -0.25) is 4.79 Å². The minimum Gasteiger partial charge on any atom is -0.381 e. The van der Waals surface area contributed by atoms with Crippen molar-refractivity contribution in [3.63, 3.8) is 0 Å². The van der Waals surface area contributed by atoms with Gasteiger partial charge in [-0.25, -0.2) is 4.98 Å². The highest BCUT2D eigenvalue weighted by atomic mass is 32.1. The van der Waals surface area contributed by atoms with Crippen molar-refractivity contribution in [3.8, 4) is 0 Å². The molecule has 0 aromatic carbocycles. The molecule has 0 unspecified atom stereocenters. The molecule has 6 heteroatoms. The largest absolute Gasteiger partial charge is 0.381 e. The lowest BCUT2D eigenvalue weighted by molar-refractivity contribution is -0.126. The maximum atomic E-state index is 12.3. The number of ether oxygens (including phenoxy) is 1. The third-order valence-electron chi connectivity index (χ3n) is 4.31. The zero-order valence-corrected chi connectivity index (χ0v) is 13.3. The van der Waals surface area contributed by atoms with Crippen molar-refractivity contribution in [2.75, 3.05) is 31.2 Å². The van der Waals surface area contributed by atoms with Crippen molar-refractivity contribution < 1.29 is 9.53 Å². The molecule has 3 rings (SSSR count). The van der Waals surface area contributed by atoms with Crippen molar-refractivity contribution in [2.24, 2.45) is 5.92 Å². The summed E-state index contributed by atoms with van der Waals surface area (Å²) < 4.78 is 5.33. The second-order valence-corrected chi connectivity index (χ2v) is 7.12. The number of hydrogen-bond donors (Lipinski definition) is 1. The van der Waals surface area contributed by atoms with Gasteiger partial charge in [0.25, 0.3) is 0 Å². The van der Waals surface area contributed by atoms with E-state index in [0.29, 0.717) is 6.04 Å². The topological polar surface area (TPSA) is 54.5 Å². The molecule has 0 spiro atoms. The molecule has 0 saturated carbocycles. The standard InChI is InChI=1S/C15H23N3O2S/c1-11-10-16-15(21-11)18-6-2-12(3-7-18)14(19)17-13-4-8-20-9-5-13/h10,12-13H,2-9H2,1H3,(H,17,19). The van der Waals surface area contributed by atoms with Gasteiger partial charge in [-0.15, -0.1) is 11.3 Å². The number of aromatic nitrogens is 1. The molecular formula is C15H23N3O2S. The maximum absolute atomic E-state index is 12.3. The number of rotatable bonds is 3. The Labute approximate surface area is 129 Å². The minimum absolute atomic E-state index is 0.158. The summed E-state index contributed by atoms with van der Waals surface area (Å²) in [5.74, 6) is 0.391. The monoisotopic (exact) mass is 309 g/mol. The third kappa shape index (κ3) is 3.74. The smallest absolute Gasteiger partial charge is 0.223 e. The number of nitrogens with zero attached hydrogens (tertiary/aromatic N) is 2. The molecular weight excluding hydrogens is 286 g/mol. The summed E-state index contributed by atoms with van der Waals surface area (Å²) in [6.07, 6.45) is 5.66. The first kappa shape index (κ1) is 14.8. The highest BCUT2D eigenvalue weighted by molar-refractivity contribution is 7.15. The van der Waals surface area contributed by atoms with Crippen LogP contribution in [0.3, 0.4) is 0 Å². The van der Waals surface area contributed by atoms with Crippen LogP contribution in [0.25, 0.3) is 0 Å². The molecule has 0 bridgehead atoms. The molecule has 1 aromatic heterocycles. The zero-order chi connectivity index (χ0) is 14.7. The van der Waals surface area contributed by atoms with Gasteiger partial charge in [0.1, 0.15) is 0 Å². The molecule has 116 valence electrons. The van der Waals surface area contributed by atoms with E-state index < -0.39 is 0 Å². The fourth-order valence-corrected chi connectivity index (χ4v) is 3.79. The summed E-state index contributed by atoms with van der Waals surface area (Å²) >= 11 is 1.73. The molecule has 2 aliphatic rings. The Kier molecular flexibility index (Phi) is 4.75. The number of nitrogens with one attached hydrogen (secondary N) is 1. The SMILES string of the molecule is Cc1cnc(N2CCC(C(=O)NC3CCOCC3)CC2)s1. The van der Waals surface area contributed by atoms with Gasteiger partial charge < -0.3 is 15.0 Å². The highest BCUT2D eigenvalue weighted by Gasteiger charge is 2.27. The highest BCUT2D eigenvalue weighted by Crippen LogP contribution is 2.27. The molecule has 1 amide bonds. The molecule has 21 heavy (non-hydrogen) atoms. The van der Waals surface area contributed by atoms with Gasteiger partial charge in [0, 0.05) is 49.3 Å². The Balaban J connectivity index is 1.47. The van der Waals surface area contributed by atoms with Crippen LogP contribution >= 0.6 is 11.3 Å². The van der Waals surface area contributed by atoms with E-state index in [1.165, 1.54) is 4.88 Å². The fourth-order valence-electron chi connectivity index (χ4n) is 2.98. The van der Waals surface area contributed by atoms with Gasteiger partial charge >= 0.3 is 0 Å². The quantitative estimate of drug-likeness (QED) is 0.927. The summed E-state index contributed by atoms with van der Waals surface area (Å²) in [7, 11) is 0. The van der Waals surface area contributed by atoms with Crippen molar-refractivity contribution in [2.45, 2.75) is 38.6 Å². The Morgan fingerprint density at radius 2 is 2.05 bits per heavy atom. The summed E-state index contributed by atoms with van der Waals surface area (Å²) in [6.45, 7) is 5.48. The van der Waals surface area contributed by atoms with Crippen molar-refractivity contribution in [1.82, 2.24) is 10.3 Å². The average Bonchev–Trinajstić information content (AvgIpc) is 2.95. The van der Waals surface area contributed by atoms with Crippen molar-refractivity contribution in [3.05, 3.63) is 11.1 Å². The van der Waals surface area contributed by atoms with Crippen LogP contribution in [0.15, 0.2) is 6.20 Å². The Morgan fingerprint density at radius 3 is 2.67 bits per heavy atom. The van der Waals surface area contributed by atoms with Crippen LogP contribution in [-0.2, 0) is 9.53 Å². The first-order chi connectivity index (χ1) is 10.2. The summed E-state index contributed by atoms with van der Waals surface area (Å²) in [5, 5.41) is 4.29. The van der Waals surface area contributed by atoms with Gasteiger partial charge in [0.05, 0.1) is 0 Å². The van der Waals surface area contributed by atoms with Crippen LogP contribution in [0.5, 0.6) is 0 Å². The second kappa shape index (κ2) is 6.75. The molecule has 2 fully saturated rings. The number of amides is 1. The van der Waals surface area contributed by atoms with Gasteiger partial charge in [-0.2, -0.15) is 0 Å². The van der Waals surface area contributed by atoms with E-state index >= 15 is 0 Å². The van der Waals surface area contributed by atoms with Crippen molar-refractivity contribution >= 4 is 22.4 Å². The van der Waals surface area contributed by atoms with Crippen LogP contribution in [0.2, 0.25) is 0 Å². The fraction of sp³-hybridized carbons (Fsp3) is 0.733. The molecule has 0 radical (unpaired) electrons. The molecule has 3 heterocycles. The second-order valence-electron chi connectivity index (χ2n) is 5.91. The predicted octanol–water partition coefficient (Wildman–Crippen LogP) is 1.96. The third-order valence-corrected chi connectivity index (χ3v) is 5.29. The minimum atomic E-state index is 0.158. The summed E-state index contributed by atoms with van der Waals surface area (Å²) in [5.41, 5.74) is 0. The molecule has 0 atom stereocenters. The number of carbonyl (C=O) groups excluding carboxylic acids is 1. The van der Waals surface area contributed by atoms with Gasteiger partial charge in [0.15, 0.2) is 5.13 Å². The van der Waals surface area contributed by atoms with Gasteiger partial charge in [-0.05, 0) is 32.6 Å². The van der Waals surface area contributed by atoms with E-state index in [-0.39, 0.29) is 11.8 Å². The number of thiazole rings is 1. The maximum Gasteiger partial charge on any atom is 0.223 e. The molecule has 5 nitrogen and oxygen atoms in total. The van der Waals surface area contributed by atoms with E-state index in [9.17, 15) is 4.79 Å².